The predicted octanol–water partition coefficient (Wildman–Crippen LogP) is 1.01. The quantitative estimate of drug-likeness (QED) is 0.827. The van der Waals surface area contributed by atoms with Gasteiger partial charge in [-0.2, -0.15) is 0 Å². The van der Waals surface area contributed by atoms with Crippen molar-refractivity contribution in [3.8, 4) is 0 Å². The van der Waals surface area contributed by atoms with Crippen molar-refractivity contribution in [1.82, 2.24) is 9.88 Å². The van der Waals surface area contributed by atoms with Gasteiger partial charge >= 0.3 is 0 Å². The van der Waals surface area contributed by atoms with Crippen LogP contribution in [-0.2, 0) is 20.1 Å². The van der Waals surface area contributed by atoms with Crippen LogP contribution in [0.2, 0.25) is 0 Å². The van der Waals surface area contributed by atoms with Crippen LogP contribution in [-0.4, -0.2) is 10.5 Å². The highest BCUT2D eigenvalue weighted by Gasteiger charge is 2.10. The third-order valence-electron chi connectivity index (χ3n) is 2.57. The van der Waals surface area contributed by atoms with Crippen molar-refractivity contribution in [2.75, 3.05) is 0 Å². The largest absolute Gasteiger partial charge is 0.455 e. The first-order valence-corrected chi connectivity index (χ1v) is 5.38. The van der Waals surface area contributed by atoms with Gasteiger partial charge in [0, 0.05) is 18.9 Å². The molecule has 17 heavy (non-hydrogen) atoms. The maximum absolute atomic E-state index is 11.7. The zero-order valence-electron chi connectivity index (χ0n) is 9.64. The Kier molecular flexibility index (Phi) is 3.30. The van der Waals surface area contributed by atoms with Crippen molar-refractivity contribution < 1.29 is 9.21 Å². The second-order valence-corrected chi connectivity index (χ2v) is 3.76. The predicted molar refractivity (Wildman–Crippen MR) is 63.2 cm³/mol. The average molecular weight is 233 g/mol. The Balaban J connectivity index is 1.95. The average Bonchev–Trinajstić information content (AvgIpc) is 2.94. The highest BCUT2D eigenvalue weighted by Crippen LogP contribution is 2.07. The van der Waals surface area contributed by atoms with Crippen molar-refractivity contribution >= 4 is 5.91 Å². The number of nitrogens with two attached hydrogens (primary N) is 1. The minimum Gasteiger partial charge on any atom is -0.455 e. The Morgan fingerprint density at radius 2 is 2.29 bits per heavy atom. The van der Waals surface area contributed by atoms with Gasteiger partial charge in [-0.25, -0.2) is 0 Å². The Bertz CT molecular complexity index is 513. The van der Waals surface area contributed by atoms with E-state index in [2.05, 4.69) is 5.32 Å². The van der Waals surface area contributed by atoms with E-state index < -0.39 is 0 Å². The van der Waals surface area contributed by atoms with Crippen LogP contribution in [0.4, 0.5) is 0 Å². The van der Waals surface area contributed by atoms with Crippen LogP contribution in [0.25, 0.3) is 0 Å². The molecule has 0 unspecified atom stereocenters. The number of furan rings is 1. The zero-order valence-corrected chi connectivity index (χ0v) is 9.64. The first-order valence-electron chi connectivity index (χ1n) is 5.38. The van der Waals surface area contributed by atoms with Gasteiger partial charge in [-0.1, -0.05) is 0 Å². The fraction of sp³-hybridized carbons (Fsp3) is 0.250. The van der Waals surface area contributed by atoms with Crippen LogP contribution in [0.15, 0.2) is 34.9 Å². The maximum Gasteiger partial charge on any atom is 0.287 e. The summed E-state index contributed by atoms with van der Waals surface area (Å²) in [5.74, 6) is 0.666. The molecule has 3 N–H and O–H groups in total. The highest BCUT2D eigenvalue weighted by atomic mass is 16.4. The van der Waals surface area contributed by atoms with E-state index in [9.17, 15) is 4.79 Å². The lowest BCUT2D eigenvalue weighted by Crippen LogP contribution is -2.23. The lowest BCUT2D eigenvalue weighted by Gasteiger charge is -2.04. The van der Waals surface area contributed by atoms with E-state index >= 15 is 0 Å². The van der Waals surface area contributed by atoms with E-state index in [4.69, 9.17) is 10.2 Å². The van der Waals surface area contributed by atoms with Gasteiger partial charge in [-0.05, 0) is 24.3 Å². The first kappa shape index (κ1) is 11.5. The van der Waals surface area contributed by atoms with E-state index in [1.165, 1.54) is 0 Å². The summed E-state index contributed by atoms with van der Waals surface area (Å²) in [7, 11) is 1.93. The van der Waals surface area contributed by atoms with Gasteiger partial charge in [0.05, 0.1) is 13.1 Å². The minimum atomic E-state index is -0.231. The molecule has 0 saturated carbocycles. The third-order valence-corrected chi connectivity index (χ3v) is 2.57. The molecule has 5 heteroatoms. The van der Waals surface area contributed by atoms with Crippen LogP contribution >= 0.6 is 0 Å². The Hall–Kier alpha value is -2.01. The number of aromatic nitrogens is 1. The van der Waals surface area contributed by atoms with Crippen molar-refractivity contribution in [1.29, 1.82) is 0 Å². The van der Waals surface area contributed by atoms with Crippen molar-refractivity contribution in [3.05, 3.63) is 47.7 Å². The number of nitrogens with zero attached hydrogens (tertiary/aromatic N) is 1. The number of hydrogen-bond donors (Lipinski definition) is 2. The van der Waals surface area contributed by atoms with E-state index in [0.29, 0.717) is 24.6 Å². The monoisotopic (exact) mass is 233 g/mol. The molecule has 5 nitrogen and oxygen atoms in total. The number of nitrogens with one attached hydrogen (secondary N) is 1. The summed E-state index contributed by atoms with van der Waals surface area (Å²) < 4.78 is 7.20. The molecule has 0 aromatic carbocycles. The SMILES string of the molecule is Cn1cccc1CNC(=O)c1ccc(CN)o1. The summed E-state index contributed by atoms with van der Waals surface area (Å²) >= 11 is 0. The molecule has 2 aromatic heterocycles. The third kappa shape index (κ3) is 2.57. The molecule has 0 aliphatic heterocycles. The summed E-state index contributed by atoms with van der Waals surface area (Å²) in [5, 5.41) is 2.79. The van der Waals surface area contributed by atoms with Gasteiger partial charge in [0.1, 0.15) is 5.76 Å². The molecule has 0 atom stereocenters. The maximum atomic E-state index is 11.7. The molecule has 90 valence electrons. The fourth-order valence-electron chi connectivity index (χ4n) is 1.55. The number of hydrogen-bond acceptors (Lipinski definition) is 3. The topological polar surface area (TPSA) is 73.2 Å². The van der Waals surface area contributed by atoms with Crippen molar-refractivity contribution in [2.24, 2.45) is 12.8 Å². The van der Waals surface area contributed by atoms with E-state index in [1.807, 2.05) is 29.9 Å². The molecule has 0 spiro atoms. The number of aryl methyl sites for hydroxylation is 1. The fourth-order valence-corrected chi connectivity index (χ4v) is 1.55. The molecule has 0 saturated heterocycles. The molecule has 1 amide bonds. The Morgan fingerprint density at radius 1 is 1.47 bits per heavy atom. The molecular weight excluding hydrogens is 218 g/mol. The minimum absolute atomic E-state index is 0.231. The number of carbonyl (C=O) groups is 1. The number of amides is 1. The molecule has 0 fully saturated rings. The van der Waals surface area contributed by atoms with E-state index in [-0.39, 0.29) is 5.91 Å². The lowest BCUT2D eigenvalue weighted by atomic mass is 10.3. The Morgan fingerprint density at radius 3 is 2.88 bits per heavy atom. The van der Waals surface area contributed by atoms with Gasteiger partial charge in [0.25, 0.3) is 5.91 Å². The van der Waals surface area contributed by atoms with E-state index in [0.717, 1.165) is 5.69 Å². The molecule has 2 aromatic rings. The van der Waals surface area contributed by atoms with Gasteiger partial charge in [-0.15, -0.1) is 0 Å². The van der Waals surface area contributed by atoms with Crippen LogP contribution in [0.5, 0.6) is 0 Å². The Labute approximate surface area is 99.2 Å². The van der Waals surface area contributed by atoms with Crippen LogP contribution in [0.1, 0.15) is 22.0 Å². The molecule has 0 bridgehead atoms. The lowest BCUT2D eigenvalue weighted by molar-refractivity contribution is 0.0920. The number of carbonyl (C=O) groups excluding carboxylic acids is 1. The second kappa shape index (κ2) is 4.88. The molecular formula is C12H15N3O2. The van der Waals surface area contributed by atoms with Gasteiger partial charge < -0.3 is 20.0 Å². The summed E-state index contributed by atoms with van der Waals surface area (Å²) in [6.45, 7) is 0.770. The van der Waals surface area contributed by atoms with Gasteiger partial charge in [0.2, 0.25) is 0 Å². The smallest absolute Gasteiger partial charge is 0.287 e. The van der Waals surface area contributed by atoms with Gasteiger partial charge in [-0.3, -0.25) is 4.79 Å². The molecule has 0 aliphatic carbocycles. The normalized spacial score (nSPS) is 10.5. The summed E-state index contributed by atoms with van der Waals surface area (Å²) in [6.07, 6.45) is 1.93. The second-order valence-electron chi connectivity index (χ2n) is 3.76. The highest BCUT2D eigenvalue weighted by molar-refractivity contribution is 5.91. The van der Waals surface area contributed by atoms with Gasteiger partial charge in [0.15, 0.2) is 5.76 Å². The summed E-state index contributed by atoms with van der Waals surface area (Å²) in [4.78, 5) is 11.7. The van der Waals surface area contributed by atoms with Crippen molar-refractivity contribution in [3.63, 3.8) is 0 Å². The standard InChI is InChI=1S/C12H15N3O2/c1-15-6-2-3-9(15)8-14-12(16)11-5-4-10(7-13)17-11/h2-6H,7-8,13H2,1H3,(H,14,16). The van der Waals surface area contributed by atoms with Crippen LogP contribution in [0.3, 0.4) is 0 Å². The summed E-state index contributed by atoms with van der Waals surface area (Å²) in [5.41, 5.74) is 6.44. The number of rotatable bonds is 4. The molecule has 2 heterocycles. The molecule has 0 radical (unpaired) electrons. The molecule has 2 rings (SSSR count). The van der Waals surface area contributed by atoms with Crippen LogP contribution < -0.4 is 11.1 Å². The van der Waals surface area contributed by atoms with Crippen LogP contribution in [0, 0.1) is 0 Å². The van der Waals surface area contributed by atoms with Crippen molar-refractivity contribution in [2.45, 2.75) is 13.1 Å². The first-order chi connectivity index (χ1) is 8.20. The molecule has 0 aliphatic rings. The summed E-state index contributed by atoms with van der Waals surface area (Å²) in [6, 6.07) is 7.22. The zero-order chi connectivity index (χ0) is 12.3. The van der Waals surface area contributed by atoms with E-state index in [1.54, 1.807) is 12.1 Å².